The highest BCUT2D eigenvalue weighted by Crippen LogP contribution is 2.23. The van der Waals surface area contributed by atoms with Crippen LogP contribution in [-0.4, -0.2) is 22.8 Å². The van der Waals surface area contributed by atoms with Gasteiger partial charge in [-0.25, -0.2) is 4.79 Å². The minimum Gasteiger partial charge on any atom is -0.479 e. The van der Waals surface area contributed by atoms with Crippen molar-refractivity contribution in [2.45, 2.75) is 12.0 Å². The molecule has 1 aliphatic rings. The van der Waals surface area contributed by atoms with Crippen LogP contribution in [0.25, 0.3) is 0 Å². The van der Waals surface area contributed by atoms with Crippen molar-refractivity contribution in [3.05, 3.63) is 22.4 Å². The van der Waals surface area contributed by atoms with Crippen LogP contribution in [0.5, 0.6) is 0 Å². The van der Waals surface area contributed by atoms with E-state index in [9.17, 15) is 4.79 Å². The van der Waals surface area contributed by atoms with Crippen molar-refractivity contribution < 1.29 is 9.90 Å². The Morgan fingerprint density at radius 2 is 2.57 bits per heavy atom. The fourth-order valence-electron chi connectivity index (χ4n) is 1.14. The van der Waals surface area contributed by atoms with E-state index in [0.29, 0.717) is 0 Å². The smallest absolute Gasteiger partial charge is 0.339 e. The lowest BCUT2D eigenvalue weighted by atomic mass is 9.97. The summed E-state index contributed by atoms with van der Waals surface area (Å²) in [4.78, 5) is 11.9. The Hall–Kier alpha value is -1.56. The molecule has 0 aromatic carbocycles. The van der Waals surface area contributed by atoms with Crippen molar-refractivity contribution in [1.29, 1.82) is 0 Å². The number of hydrogen-bond donors (Lipinski definition) is 1. The summed E-state index contributed by atoms with van der Waals surface area (Å²) in [7, 11) is 0. The standard InChI is InChI=1S/C8H6N3O2S/c12-7(13)8(5-9-11-10-8)4-6-2-1-3-14-6/h1-2,5H,4H2,(H,12,13). The van der Waals surface area contributed by atoms with Crippen LogP contribution >= 0.6 is 11.3 Å². The molecule has 2 heterocycles. The van der Waals surface area contributed by atoms with Crippen LogP contribution in [0.4, 0.5) is 0 Å². The quantitative estimate of drug-likeness (QED) is 0.814. The Balaban J connectivity index is 2.26. The summed E-state index contributed by atoms with van der Waals surface area (Å²) in [6, 6.07) is 3.57. The number of carbonyl (C=O) groups is 1. The third-order valence-electron chi connectivity index (χ3n) is 1.89. The summed E-state index contributed by atoms with van der Waals surface area (Å²) in [5.74, 6) is -1.03. The first-order valence-electron chi connectivity index (χ1n) is 3.87. The molecule has 1 radical (unpaired) electrons. The summed E-state index contributed by atoms with van der Waals surface area (Å²) >= 11 is 1.37. The number of aliphatic carboxylic acids is 1. The number of thiophene rings is 1. The van der Waals surface area contributed by atoms with Gasteiger partial charge in [0.25, 0.3) is 0 Å². The molecule has 1 N–H and O–H groups in total. The van der Waals surface area contributed by atoms with E-state index in [1.165, 1.54) is 17.6 Å². The Morgan fingerprint density at radius 1 is 1.71 bits per heavy atom. The van der Waals surface area contributed by atoms with Gasteiger partial charge in [0, 0.05) is 16.7 Å². The lowest BCUT2D eigenvalue weighted by molar-refractivity contribution is -0.140. The molecule has 0 aliphatic carbocycles. The second-order valence-electron chi connectivity index (χ2n) is 2.86. The molecule has 1 aromatic rings. The predicted molar refractivity (Wildman–Crippen MR) is 50.6 cm³/mol. The first kappa shape index (κ1) is 9.01. The van der Waals surface area contributed by atoms with E-state index in [4.69, 9.17) is 5.11 Å². The number of carboxylic acid groups (broad SMARTS) is 1. The lowest BCUT2D eigenvalue weighted by Crippen LogP contribution is -2.38. The lowest BCUT2D eigenvalue weighted by Gasteiger charge is -2.13. The Kier molecular flexibility index (Phi) is 2.12. The predicted octanol–water partition coefficient (Wildman–Crippen LogP) is 1.37. The zero-order chi connectivity index (χ0) is 10.0. The molecular weight excluding hydrogens is 202 g/mol. The maximum Gasteiger partial charge on any atom is 0.339 e. The Labute approximate surface area is 83.8 Å². The van der Waals surface area contributed by atoms with Gasteiger partial charge in [-0.3, -0.25) is 0 Å². The summed E-state index contributed by atoms with van der Waals surface area (Å²) in [5, 5.41) is 22.4. The molecule has 0 bridgehead atoms. The molecule has 0 fully saturated rings. The molecule has 0 saturated carbocycles. The molecule has 0 spiro atoms. The molecule has 0 amide bonds. The van der Waals surface area contributed by atoms with Gasteiger partial charge in [0.1, 0.15) is 0 Å². The number of nitrogens with zero attached hydrogens (tertiary/aromatic N) is 3. The molecular formula is C8H6N3O2S. The normalized spacial score (nSPS) is 24.3. The van der Waals surface area contributed by atoms with Crippen LogP contribution in [-0.2, 0) is 11.2 Å². The van der Waals surface area contributed by atoms with E-state index in [0.717, 1.165) is 4.88 Å². The van der Waals surface area contributed by atoms with Gasteiger partial charge < -0.3 is 5.11 Å². The van der Waals surface area contributed by atoms with Gasteiger partial charge in [0.2, 0.25) is 5.54 Å². The molecule has 1 aliphatic heterocycles. The largest absolute Gasteiger partial charge is 0.479 e. The minimum absolute atomic E-state index is 0.281. The van der Waals surface area contributed by atoms with E-state index in [-0.39, 0.29) is 6.42 Å². The van der Waals surface area contributed by atoms with Crippen LogP contribution in [0.15, 0.2) is 27.6 Å². The molecule has 1 unspecified atom stereocenters. The summed E-state index contributed by atoms with van der Waals surface area (Å²) in [6.45, 7) is 0. The summed E-state index contributed by atoms with van der Waals surface area (Å²) in [6.07, 6.45) is 1.54. The van der Waals surface area contributed by atoms with Gasteiger partial charge in [-0.2, -0.15) is 0 Å². The fraction of sp³-hybridized carbons (Fsp3) is 0.250. The molecule has 6 heteroatoms. The summed E-state index contributed by atoms with van der Waals surface area (Å²) in [5.41, 5.74) is -1.31. The van der Waals surface area contributed by atoms with E-state index < -0.39 is 11.5 Å². The van der Waals surface area contributed by atoms with Crippen molar-refractivity contribution in [2.75, 3.05) is 0 Å². The second kappa shape index (κ2) is 3.30. The molecule has 14 heavy (non-hydrogen) atoms. The van der Waals surface area contributed by atoms with Crippen molar-refractivity contribution >= 4 is 23.5 Å². The first-order chi connectivity index (χ1) is 6.73. The average molecular weight is 208 g/mol. The van der Waals surface area contributed by atoms with Crippen molar-refractivity contribution in [1.82, 2.24) is 0 Å². The molecule has 2 rings (SSSR count). The van der Waals surface area contributed by atoms with Gasteiger partial charge in [0.05, 0.1) is 6.21 Å². The third-order valence-corrected chi connectivity index (χ3v) is 2.68. The van der Waals surface area contributed by atoms with Crippen molar-refractivity contribution in [3.63, 3.8) is 0 Å². The maximum atomic E-state index is 11.0. The van der Waals surface area contributed by atoms with Gasteiger partial charge >= 0.3 is 5.97 Å². The topological polar surface area (TPSA) is 74.4 Å². The Bertz CT molecular complexity index is 385. The average Bonchev–Trinajstić information content (AvgIpc) is 2.76. The molecule has 1 aromatic heterocycles. The summed E-state index contributed by atoms with van der Waals surface area (Å²) < 4.78 is 0. The van der Waals surface area contributed by atoms with E-state index >= 15 is 0 Å². The Morgan fingerprint density at radius 3 is 3.07 bits per heavy atom. The van der Waals surface area contributed by atoms with Crippen LogP contribution in [0, 0.1) is 5.38 Å². The molecule has 71 valence electrons. The number of rotatable bonds is 3. The van der Waals surface area contributed by atoms with Crippen LogP contribution < -0.4 is 0 Å². The maximum absolute atomic E-state index is 11.0. The molecule has 1 atom stereocenters. The molecule has 0 saturated heterocycles. The zero-order valence-electron chi connectivity index (χ0n) is 7.04. The van der Waals surface area contributed by atoms with Gasteiger partial charge in [-0.1, -0.05) is 0 Å². The van der Waals surface area contributed by atoms with Crippen LogP contribution in [0.3, 0.4) is 0 Å². The van der Waals surface area contributed by atoms with Crippen molar-refractivity contribution in [2.24, 2.45) is 15.4 Å². The second-order valence-corrected chi connectivity index (χ2v) is 3.82. The van der Waals surface area contributed by atoms with E-state index in [2.05, 4.69) is 20.8 Å². The highest BCUT2D eigenvalue weighted by atomic mass is 32.1. The van der Waals surface area contributed by atoms with Crippen molar-refractivity contribution in [3.8, 4) is 0 Å². The monoisotopic (exact) mass is 208 g/mol. The zero-order valence-corrected chi connectivity index (χ0v) is 7.86. The SMILES string of the molecule is O=C(O)C1(Cc2cc[c]s2)C=NN=N1. The van der Waals surface area contributed by atoms with E-state index in [1.54, 1.807) is 6.07 Å². The highest BCUT2D eigenvalue weighted by Gasteiger charge is 2.40. The third kappa shape index (κ3) is 1.44. The van der Waals surface area contributed by atoms with Crippen LogP contribution in [0.2, 0.25) is 0 Å². The van der Waals surface area contributed by atoms with Gasteiger partial charge in [-0.15, -0.1) is 21.6 Å². The highest BCUT2D eigenvalue weighted by molar-refractivity contribution is 7.09. The van der Waals surface area contributed by atoms with E-state index in [1.807, 2.05) is 6.07 Å². The minimum atomic E-state index is -1.31. The van der Waals surface area contributed by atoms with Crippen LogP contribution in [0.1, 0.15) is 4.88 Å². The van der Waals surface area contributed by atoms with Gasteiger partial charge in [0.15, 0.2) is 0 Å². The molecule has 5 nitrogen and oxygen atoms in total. The number of carboxylic acids is 1. The van der Waals surface area contributed by atoms with Gasteiger partial charge in [-0.05, 0) is 17.4 Å². The first-order valence-corrected chi connectivity index (χ1v) is 4.69. The number of hydrogen-bond acceptors (Lipinski definition) is 5. The fourth-order valence-corrected chi connectivity index (χ4v) is 1.85.